The molecule has 2 aromatic carbocycles. The van der Waals surface area contributed by atoms with Gasteiger partial charge in [0.15, 0.2) is 0 Å². The number of nitro groups is 2. The van der Waals surface area contributed by atoms with E-state index in [-0.39, 0.29) is 55.1 Å². The van der Waals surface area contributed by atoms with Gasteiger partial charge in [-0.2, -0.15) is 0 Å². The number of nitrogens with one attached hydrogen (secondary N) is 1. The first kappa shape index (κ1) is 31.4. The fourth-order valence-corrected chi connectivity index (χ4v) is 4.40. The number of esters is 2. The summed E-state index contributed by atoms with van der Waals surface area (Å²) in [5.41, 5.74) is -0.217. The highest BCUT2D eigenvalue weighted by Crippen LogP contribution is 2.34. The molecule has 0 radical (unpaired) electrons. The number of nitrogens with zero attached hydrogens (tertiary/aromatic N) is 3. The van der Waals surface area contributed by atoms with E-state index in [1.165, 1.54) is 49.4 Å². The van der Waals surface area contributed by atoms with E-state index in [1.807, 2.05) is 0 Å². The lowest BCUT2D eigenvalue weighted by molar-refractivity contribution is -0.386. The molecule has 0 saturated carbocycles. The molecule has 0 aliphatic carbocycles. The van der Waals surface area contributed by atoms with Gasteiger partial charge in [0.2, 0.25) is 12.1 Å². The van der Waals surface area contributed by atoms with Crippen LogP contribution in [-0.2, 0) is 41.8 Å². The fourth-order valence-electron chi connectivity index (χ4n) is 4.40. The van der Waals surface area contributed by atoms with Crippen LogP contribution in [0.1, 0.15) is 30.9 Å². The minimum atomic E-state index is -2.03. The molecule has 3 atom stereocenters. The molecule has 1 aliphatic rings. The van der Waals surface area contributed by atoms with Crippen molar-refractivity contribution in [2.45, 2.75) is 45.2 Å². The molecule has 1 saturated heterocycles. The average molecular weight is 589 g/mol. The first-order chi connectivity index (χ1) is 20.0. The molecule has 3 unspecified atom stereocenters. The molecule has 1 aliphatic heterocycles. The first-order valence-electron chi connectivity index (χ1n) is 12.7. The van der Waals surface area contributed by atoms with Crippen LogP contribution in [0, 0.1) is 26.1 Å². The zero-order valence-electron chi connectivity index (χ0n) is 22.4. The Bertz CT molecular complexity index is 1350. The number of carbonyl (C=O) groups excluding carboxylic acids is 4. The van der Waals surface area contributed by atoms with Crippen molar-refractivity contribution in [3.05, 3.63) is 79.9 Å². The van der Waals surface area contributed by atoms with Crippen LogP contribution in [0.3, 0.4) is 0 Å². The van der Waals surface area contributed by atoms with Crippen LogP contribution in [0.15, 0.2) is 48.5 Å². The van der Waals surface area contributed by atoms with E-state index in [2.05, 4.69) is 5.32 Å². The normalized spacial score (nSPS) is 16.5. The van der Waals surface area contributed by atoms with E-state index in [4.69, 9.17) is 14.2 Å². The third-order valence-electron chi connectivity index (χ3n) is 6.42. The number of benzene rings is 2. The van der Waals surface area contributed by atoms with Gasteiger partial charge in [0.25, 0.3) is 11.4 Å². The van der Waals surface area contributed by atoms with Gasteiger partial charge in [-0.15, -0.1) is 0 Å². The highest BCUT2D eigenvalue weighted by molar-refractivity contribution is 5.90. The van der Waals surface area contributed by atoms with Crippen LogP contribution >= 0.6 is 0 Å². The monoisotopic (exact) mass is 588 g/mol. The van der Waals surface area contributed by atoms with E-state index in [0.29, 0.717) is 0 Å². The van der Waals surface area contributed by atoms with Crippen molar-refractivity contribution in [1.29, 1.82) is 0 Å². The van der Waals surface area contributed by atoms with Crippen molar-refractivity contribution < 1.29 is 48.3 Å². The number of amides is 2. The number of nitro benzene ring substituents is 2. The Labute approximate surface area is 238 Å². The van der Waals surface area contributed by atoms with Crippen molar-refractivity contribution >= 4 is 35.3 Å². The second-order valence-corrected chi connectivity index (χ2v) is 9.09. The number of ether oxygens (including phenoxy) is 3. The Morgan fingerprint density at radius 3 is 2.02 bits per heavy atom. The van der Waals surface area contributed by atoms with Crippen molar-refractivity contribution in [1.82, 2.24) is 10.2 Å². The van der Waals surface area contributed by atoms with Gasteiger partial charge in [0.1, 0.15) is 13.2 Å². The van der Waals surface area contributed by atoms with E-state index in [9.17, 15) is 44.5 Å². The van der Waals surface area contributed by atoms with Gasteiger partial charge >= 0.3 is 18.0 Å². The van der Waals surface area contributed by atoms with Crippen LogP contribution in [0.4, 0.5) is 16.2 Å². The van der Waals surface area contributed by atoms with Crippen molar-refractivity contribution in [2.75, 3.05) is 13.2 Å². The van der Waals surface area contributed by atoms with Crippen LogP contribution < -0.4 is 5.32 Å². The topological polar surface area (TPSA) is 218 Å². The number of alkyl carbamates (subject to hydrolysis) is 1. The molecule has 16 heteroatoms. The molecule has 42 heavy (non-hydrogen) atoms. The molecule has 0 bridgehead atoms. The minimum Gasteiger partial charge on any atom is -0.466 e. The summed E-state index contributed by atoms with van der Waals surface area (Å²) in [6, 6.07) is 10.5. The van der Waals surface area contributed by atoms with Gasteiger partial charge in [0.05, 0.1) is 33.5 Å². The van der Waals surface area contributed by atoms with Gasteiger partial charge in [-0.25, -0.2) is 9.59 Å². The predicted octanol–water partition coefficient (Wildman–Crippen LogP) is 1.96. The van der Waals surface area contributed by atoms with Crippen molar-refractivity contribution in [2.24, 2.45) is 5.92 Å². The maximum absolute atomic E-state index is 12.9. The number of carbonyl (C=O) groups is 4. The quantitative estimate of drug-likeness (QED) is 0.106. The maximum Gasteiger partial charge on any atom is 0.407 e. The molecule has 3 rings (SSSR count). The fraction of sp³-hybridized carbons (Fsp3) is 0.385. The Kier molecular flexibility index (Phi) is 10.8. The molecule has 2 amide bonds. The van der Waals surface area contributed by atoms with Gasteiger partial charge in [-0.05, 0) is 18.6 Å². The van der Waals surface area contributed by atoms with Crippen LogP contribution in [-0.4, -0.2) is 69.2 Å². The molecular weight excluding hydrogens is 560 g/mol. The summed E-state index contributed by atoms with van der Waals surface area (Å²) in [7, 11) is 0. The minimum absolute atomic E-state index is 0.0533. The molecular formula is C26H28N4O12. The zero-order chi connectivity index (χ0) is 30.8. The largest absolute Gasteiger partial charge is 0.466 e. The predicted molar refractivity (Wildman–Crippen MR) is 140 cm³/mol. The molecule has 16 nitrogen and oxygen atoms in total. The lowest BCUT2D eigenvalue weighted by Gasteiger charge is -2.48. The molecule has 0 spiro atoms. The summed E-state index contributed by atoms with van der Waals surface area (Å²) in [4.78, 5) is 70.6. The van der Waals surface area contributed by atoms with Crippen molar-refractivity contribution in [3.8, 4) is 0 Å². The SMILES string of the molecule is CC(=O)OCCC1C(CCNC(=O)OCc2ccccc2[N+](=O)[O-])C(=O)N1C(O)C(=O)OCc1ccccc1[N+](=O)[O-]. The van der Waals surface area contributed by atoms with E-state index >= 15 is 0 Å². The van der Waals surface area contributed by atoms with E-state index in [0.717, 1.165) is 4.90 Å². The van der Waals surface area contributed by atoms with Crippen molar-refractivity contribution in [3.63, 3.8) is 0 Å². The van der Waals surface area contributed by atoms with E-state index < -0.39 is 58.6 Å². The Balaban J connectivity index is 1.56. The van der Waals surface area contributed by atoms with Gasteiger partial charge in [-0.3, -0.25) is 29.8 Å². The second kappa shape index (κ2) is 14.5. The highest BCUT2D eigenvalue weighted by Gasteiger charge is 2.51. The zero-order valence-corrected chi connectivity index (χ0v) is 22.4. The summed E-state index contributed by atoms with van der Waals surface area (Å²) in [5.74, 6) is -3.19. The maximum atomic E-state index is 12.9. The Morgan fingerprint density at radius 2 is 1.48 bits per heavy atom. The molecule has 2 N–H and O–H groups in total. The molecule has 1 fully saturated rings. The Morgan fingerprint density at radius 1 is 0.929 bits per heavy atom. The number of likely N-dealkylation sites (tertiary alicyclic amines) is 1. The number of aliphatic hydroxyl groups is 1. The van der Waals surface area contributed by atoms with Gasteiger partial charge < -0.3 is 29.5 Å². The number of hydrogen-bond donors (Lipinski definition) is 2. The number of aliphatic hydroxyl groups excluding tert-OH is 1. The first-order valence-corrected chi connectivity index (χ1v) is 12.7. The number of para-hydroxylation sites is 2. The summed E-state index contributed by atoms with van der Waals surface area (Å²) in [6.07, 6.45) is -2.78. The lowest BCUT2D eigenvalue weighted by Crippen LogP contribution is -2.66. The molecule has 0 aromatic heterocycles. The van der Waals surface area contributed by atoms with Gasteiger partial charge in [0, 0.05) is 38.1 Å². The highest BCUT2D eigenvalue weighted by atomic mass is 16.6. The summed E-state index contributed by atoms with van der Waals surface area (Å²) in [6.45, 7) is 0.140. The van der Waals surface area contributed by atoms with E-state index in [1.54, 1.807) is 6.07 Å². The summed E-state index contributed by atoms with van der Waals surface area (Å²) in [5, 5.41) is 35.3. The summed E-state index contributed by atoms with van der Waals surface area (Å²) < 4.78 is 15.0. The number of β-lactam (4-membered cyclic amide) rings is 1. The average Bonchev–Trinajstić information content (AvgIpc) is 2.96. The standard InChI is InChI=1S/C26H28N4O12/c1-16(31)40-13-11-22-19(10-12-27-26(35)42-15-18-7-3-5-9-21(18)30(38)39)23(32)28(22)24(33)25(34)41-14-17-6-2-4-8-20(17)29(36)37/h2-9,19,22,24,33H,10-15H2,1H3,(H,27,35). The smallest absolute Gasteiger partial charge is 0.407 e. The van der Waals surface area contributed by atoms with Crippen LogP contribution in [0.2, 0.25) is 0 Å². The number of rotatable bonds is 14. The summed E-state index contributed by atoms with van der Waals surface area (Å²) >= 11 is 0. The van der Waals surface area contributed by atoms with Crippen LogP contribution in [0.5, 0.6) is 0 Å². The second-order valence-electron chi connectivity index (χ2n) is 9.09. The number of hydrogen-bond acceptors (Lipinski definition) is 12. The third-order valence-corrected chi connectivity index (χ3v) is 6.42. The third kappa shape index (κ3) is 7.97. The molecule has 2 aromatic rings. The molecule has 224 valence electrons. The Hall–Kier alpha value is -5.12. The van der Waals surface area contributed by atoms with Gasteiger partial charge in [-0.1, -0.05) is 24.3 Å². The molecule has 1 heterocycles. The van der Waals surface area contributed by atoms with Crippen LogP contribution in [0.25, 0.3) is 0 Å². The lowest BCUT2D eigenvalue weighted by atomic mass is 9.82.